The maximum Gasteiger partial charge on any atom is 0.119 e. The largest absolute Gasteiger partial charge is 0.493 e. The molecule has 0 aromatic heterocycles. The monoisotopic (exact) mass is 542 g/mol. The Hall–Kier alpha value is -2.82. The van der Waals surface area contributed by atoms with Crippen LogP contribution < -0.4 is 9.47 Å². The lowest BCUT2D eigenvalue weighted by atomic mass is 9.74. The second-order valence-electron chi connectivity index (χ2n) is 12.6. The fraction of sp³-hybridized carbons (Fsp3) is 0.500. The minimum Gasteiger partial charge on any atom is -0.493 e. The summed E-state index contributed by atoms with van der Waals surface area (Å²) in [4.78, 5) is 0. The van der Waals surface area contributed by atoms with Crippen molar-refractivity contribution in [2.24, 2.45) is 11.8 Å². The number of rotatable bonds is 12. The van der Waals surface area contributed by atoms with Crippen LogP contribution in [0.1, 0.15) is 76.6 Å². The van der Waals surface area contributed by atoms with E-state index in [1.54, 1.807) is 0 Å². The molecular formula is C36H46O4. The average molecular weight is 543 g/mol. The molecule has 2 saturated heterocycles. The molecule has 4 heteroatoms. The minimum atomic E-state index is -0.114. The smallest absolute Gasteiger partial charge is 0.119 e. The summed E-state index contributed by atoms with van der Waals surface area (Å²) in [5.41, 5.74) is 4.92. The molecule has 4 unspecified atom stereocenters. The first-order valence-corrected chi connectivity index (χ1v) is 15.0. The lowest BCUT2D eigenvalue weighted by Crippen LogP contribution is -2.42. The van der Waals surface area contributed by atoms with Crippen molar-refractivity contribution in [3.8, 4) is 11.5 Å². The lowest BCUT2D eigenvalue weighted by Gasteiger charge is -2.36. The molecule has 3 aromatic rings. The van der Waals surface area contributed by atoms with Crippen LogP contribution in [0.5, 0.6) is 11.5 Å². The molecule has 2 aliphatic rings. The van der Waals surface area contributed by atoms with Crippen LogP contribution in [0.25, 0.3) is 0 Å². The normalized spacial score (nSPS) is 22.8. The quantitative estimate of drug-likeness (QED) is 0.233. The summed E-state index contributed by atoms with van der Waals surface area (Å²) in [6, 6.07) is 26.3. The molecule has 0 N–H and O–H groups in total. The molecule has 0 radical (unpaired) electrons. The highest BCUT2D eigenvalue weighted by Gasteiger charge is 2.32. The van der Waals surface area contributed by atoms with Crippen LogP contribution >= 0.6 is 0 Å². The van der Waals surface area contributed by atoms with Crippen LogP contribution in [0.2, 0.25) is 0 Å². The second-order valence-corrected chi connectivity index (χ2v) is 12.6. The van der Waals surface area contributed by atoms with Gasteiger partial charge in [-0.25, -0.2) is 0 Å². The van der Waals surface area contributed by atoms with Gasteiger partial charge in [0.1, 0.15) is 11.5 Å². The van der Waals surface area contributed by atoms with E-state index >= 15 is 0 Å². The Morgan fingerprint density at radius 2 is 0.850 bits per heavy atom. The Morgan fingerprint density at radius 3 is 1.10 bits per heavy atom. The summed E-state index contributed by atoms with van der Waals surface area (Å²) in [7, 11) is 0. The zero-order valence-electron chi connectivity index (χ0n) is 25.1. The van der Waals surface area contributed by atoms with E-state index in [1.165, 1.54) is 22.3 Å². The van der Waals surface area contributed by atoms with Crippen LogP contribution in [0.3, 0.4) is 0 Å². The second kappa shape index (κ2) is 12.0. The maximum absolute atomic E-state index is 6.07. The molecule has 2 aliphatic heterocycles. The van der Waals surface area contributed by atoms with Crippen molar-refractivity contribution in [3.63, 3.8) is 0 Å². The molecule has 3 aromatic carbocycles. The Kier molecular flexibility index (Phi) is 8.58. The predicted molar refractivity (Wildman–Crippen MR) is 162 cm³/mol. The first-order chi connectivity index (χ1) is 19.2. The van der Waals surface area contributed by atoms with Gasteiger partial charge in [0.25, 0.3) is 0 Å². The highest BCUT2D eigenvalue weighted by molar-refractivity contribution is 5.45. The summed E-state index contributed by atoms with van der Waals surface area (Å²) in [6.07, 6.45) is 2.81. The van der Waals surface area contributed by atoms with Crippen molar-refractivity contribution in [1.82, 2.24) is 0 Å². The van der Waals surface area contributed by atoms with Crippen molar-refractivity contribution in [1.29, 1.82) is 0 Å². The molecule has 4 nitrogen and oxygen atoms in total. The van der Waals surface area contributed by atoms with Gasteiger partial charge in [-0.1, -0.05) is 90.1 Å². The topological polar surface area (TPSA) is 36.9 Å². The number of hydrogen-bond donors (Lipinski definition) is 0. The maximum atomic E-state index is 6.07. The SMILES string of the molecule is CCC1OCC1COc1ccc(C(C)(C)c2ccc(C(C)(C)c3ccc(OCC4COC4CC)cc3)cc2)cc1. The predicted octanol–water partition coefficient (Wildman–Crippen LogP) is 7.95. The fourth-order valence-corrected chi connectivity index (χ4v) is 5.93. The first kappa shape index (κ1) is 28.7. The van der Waals surface area contributed by atoms with E-state index in [2.05, 4.69) is 114 Å². The van der Waals surface area contributed by atoms with Crippen LogP contribution in [-0.2, 0) is 20.3 Å². The average Bonchev–Trinajstić information content (AvgIpc) is 2.93. The number of hydrogen-bond acceptors (Lipinski definition) is 4. The summed E-state index contributed by atoms with van der Waals surface area (Å²) in [5.74, 6) is 2.88. The number of ether oxygens (including phenoxy) is 4. The van der Waals surface area contributed by atoms with Gasteiger partial charge >= 0.3 is 0 Å². The van der Waals surface area contributed by atoms with Crippen LogP contribution in [0.4, 0.5) is 0 Å². The first-order valence-electron chi connectivity index (χ1n) is 15.0. The summed E-state index contributed by atoms with van der Waals surface area (Å²) in [6.45, 7) is 16.6. The molecule has 2 fully saturated rings. The zero-order valence-corrected chi connectivity index (χ0v) is 25.1. The minimum absolute atomic E-state index is 0.114. The van der Waals surface area contributed by atoms with Gasteiger partial charge in [-0.2, -0.15) is 0 Å². The molecule has 5 rings (SSSR count). The highest BCUT2D eigenvalue weighted by Crippen LogP contribution is 2.37. The Bertz CT molecular complexity index is 1120. The molecule has 0 bridgehead atoms. The van der Waals surface area contributed by atoms with Gasteiger partial charge in [0.15, 0.2) is 0 Å². The van der Waals surface area contributed by atoms with E-state index in [9.17, 15) is 0 Å². The van der Waals surface area contributed by atoms with Crippen molar-refractivity contribution < 1.29 is 18.9 Å². The van der Waals surface area contributed by atoms with Gasteiger partial charge in [0, 0.05) is 22.7 Å². The Labute approximate surface area is 241 Å². The fourth-order valence-electron chi connectivity index (χ4n) is 5.93. The van der Waals surface area contributed by atoms with Gasteiger partial charge in [0.2, 0.25) is 0 Å². The molecule has 0 amide bonds. The van der Waals surface area contributed by atoms with Crippen LogP contribution in [0.15, 0.2) is 72.8 Å². The molecule has 0 spiro atoms. The van der Waals surface area contributed by atoms with Crippen molar-refractivity contribution in [3.05, 3.63) is 95.1 Å². The van der Waals surface area contributed by atoms with Crippen molar-refractivity contribution in [2.45, 2.75) is 77.4 Å². The summed E-state index contributed by atoms with van der Waals surface area (Å²) < 4.78 is 23.3. The molecule has 4 atom stereocenters. The van der Waals surface area contributed by atoms with Gasteiger partial charge in [-0.15, -0.1) is 0 Å². The van der Waals surface area contributed by atoms with E-state index in [0.29, 0.717) is 24.0 Å². The third-order valence-electron chi connectivity index (χ3n) is 9.31. The molecule has 40 heavy (non-hydrogen) atoms. The molecule has 2 heterocycles. The van der Waals surface area contributed by atoms with Gasteiger partial charge in [-0.05, 0) is 59.4 Å². The summed E-state index contributed by atoms with van der Waals surface area (Å²) in [5, 5.41) is 0. The van der Waals surface area contributed by atoms with E-state index < -0.39 is 0 Å². The summed E-state index contributed by atoms with van der Waals surface area (Å²) >= 11 is 0. The lowest BCUT2D eigenvalue weighted by molar-refractivity contribution is -0.128. The third kappa shape index (κ3) is 5.94. The van der Waals surface area contributed by atoms with Gasteiger partial charge in [0.05, 0.1) is 38.6 Å². The van der Waals surface area contributed by atoms with E-state index in [-0.39, 0.29) is 10.8 Å². The number of benzene rings is 3. The van der Waals surface area contributed by atoms with E-state index in [1.807, 2.05) is 0 Å². The molecule has 0 aliphatic carbocycles. The molecule has 214 valence electrons. The van der Waals surface area contributed by atoms with Gasteiger partial charge < -0.3 is 18.9 Å². The highest BCUT2D eigenvalue weighted by atomic mass is 16.5. The zero-order chi connectivity index (χ0) is 28.3. The van der Waals surface area contributed by atoms with E-state index in [4.69, 9.17) is 18.9 Å². The van der Waals surface area contributed by atoms with E-state index in [0.717, 1.165) is 50.8 Å². The van der Waals surface area contributed by atoms with Crippen LogP contribution in [0, 0.1) is 11.8 Å². The van der Waals surface area contributed by atoms with Crippen LogP contribution in [-0.4, -0.2) is 38.6 Å². The van der Waals surface area contributed by atoms with Crippen molar-refractivity contribution in [2.75, 3.05) is 26.4 Å². The standard InChI is InChI=1S/C36H46O4/c1-7-33-25(23-39-33)21-37-31-17-13-29(14-18-31)35(3,4)27-9-11-28(12-10-27)36(5,6)30-15-19-32(20-16-30)38-22-26-24-40-34(26)8-2/h9-20,25-26,33-34H,7-8,21-24H2,1-6H3. The Morgan fingerprint density at radius 1 is 0.550 bits per heavy atom. The van der Waals surface area contributed by atoms with Gasteiger partial charge in [-0.3, -0.25) is 0 Å². The van der Waals surface area contributed by atoms with Crippen molar-refractivity contribution >= 4 is 0 Å². The third-order valence-corrected chi connectivity index (χ3v) is 9.31. The Balaban J connectivity index is 1.20. The molecular weight excluding hydrogens is 496 g/mol. The molecule has 0 saturated carbocycles.